The van der Waals surface area contributed by atoms with E-state index in [1.54, 1.807) is 0 Å². The lowest BCUT2D eigenvalue weighted by atomic mass is 9.93. The van der Waals surface area contributed by atoms with E-state index in [1.165, 1.54) is 44.9 Å². The molecule has 102 valence electrons. The lowest BCUT2D eigenvalue weighted by Gasteiger charge is -2.34. The predicted octanol–water partition coefficient (Wildman–Crippen LogP) is 3.75. The van der Waals surface area contributed by atoms with Crippen LogP contribution >= 0.6 is 0 Å². The molecule has 0 amide bonds. The minimum Gasteiger partial charge on any atom is -0.373 e. The van der Waals surface area contributed by atoms with E-state index >= 15 is 0 Å². The van der Waals surface area contributed by atoms with Crippen molar-refractivity contribution in [3.8, 4) is 0 Å². The molecule has 2 heteroatoms. The Morgan fingerprint density at radius 2 is 1.76 bits per heavy atom. The minimum atomic E-state index is 0.135. The van der Waals surface area contributed by atoms with Crippen LogP contribution in [0.1, 0.15) is 65.7 Å². The Morgan fingerprint density at radius 3 is 2.29 bits per heavy atom. The fourth-order valence-electron chi connectivity index (χ4n) is 2.58. The zero-order valence-corrected chi connectivity index (χ0v) is 12.1. The number of hydrogen-bond donors (Lipinski definition) is 1. The molecule has 1 N–H and O–H groups in total. The molecule has 0 aliphatic heterocycles. The second-order valence-corrected chi connectivity index (χ2v) is 5.98. The topological polar surface area (TPSA) is 21.3 Å². The summed E-state index contributed by atoms with van der Waals surface area (Å²) in [7, 11) is 0. The van der Waals surface area contributed by atoms with Crippen LogP contribution in [0, 0.1) is 5.92 Å². The first kappa shape index (κ1) is 15.0. The second kappa shape index (κ2) is 8.10. The molecule has 0 bridgehead atoms. The maximum absolute atomic E-state index is 6.30. The Balaban J connectivity index is 2.47. The Labute approximate surface area is 108 Å². The van der Waals surface area contributed by atoms with Gasteiger partial charge in [-0.2, -0.15) is 0 Å². The van der Waals surface area contributed by atoms with Crippen molar-refractivity contribution in [2.45, 2.75) is 71.3 Å². The molecule has 0 aromatic rings. The molecular formula is C15H31NO. The van der Waals surface area contributed by atoms with E-state index in [0.29, 0.717) is 5.92 Å². The first-order valence-electron chi connectivity index (χ1n) is 7.53. The van der Waals surface area contributed by atoms with E-state index in [9.17, 15) is 0 Å². The van der Waals surface area contributed by atoms with Crippen molar-refractivity contribution in [1.82, 2.24) is 5.32 Å². The molecule has 1 rings (SSSR count). The highest BCUT2D eigenvalue weighted by atomic mass is 16.5. The van der Waals surface area contributed by atoms with Crippen molar-refractivity contribution in [2.75, 3.05) is 19.7 Å². The SMILES string of the molecule is CCCNCC1(OCC(C)C)CCCCCC1. The molecule has 0 atom stereocenters. The highest BCUT2D eigenvalue weighted by molar-refractivity contribution is 4.85. The third-order valence-electron chi connectivity index (χ3n) is 3.61. The summed E-state index contributed by atoms with van der Waals surface area (Å²) in [6, 6.07) is 0. The van der Waals surface area contributed by atoms with Crippen LogP contribution in [-0.4, -0.2) is 25.3 Å². The van der Waals surface area contributed by atoms with Gasteiger partial charge in [0.15, 0.2) is 0 Å². The van der Waals surface area contributed by atoms with Crippen LogP contribution in [0.15, 0.2) is 0 Å². The average Bonchev–Trinajstić information content (AvgIpc) is 2.53. The number of hydrogen-bond acceptors (Lipinski definition) is 2. The van der Waals surface area contributed by atoms with Gasteiger partial charge in [0.2, 0.25) is 0 Å². The second-order valence-electron chi connectivity index (χ2n) is 5.98. The molecule has 0 saturated heterocycles. The number of nitrogens with one attached hydrogen (secondary N) is 1. The monoisotopic (exact) mass is 241 g/mol. The predicted molar refractivity (Wildman–Crippen MR) is 74.4 cm³/mol. The van der Waals surface area contributed by atoms with Crippen molar-refractivity contribution in [1.29, 1.82) is 0 Å². The highest BCUT2D eigenvalue weighted by Gasteiger charge is 2.31. The van der Waals surface area contributed by atoms with Crippen molar-refractivity contribution in [3.05, 3.63) is 0 Å². The Morgan fingerprint density at radius 1 is 1.12 bits per heavy atom. The molecule has 0 spiro atoms. The van der Waals surface area contributed by atoms with E-state index in [1.807, 2.05) is 0 Å². The smallest absolute Gasteiger partial charge is 0.0806 e. The van der Waals surface area contributed by atoms with Gasteiger partial charge in [0.05, 0.1) is 5.60 Å². The fourth-order valence-corrected chi connectivity index (χ4v) is 2.58. The Bertz CT molecular complexity index is 183. The van der Waals surface area contributed by atoms with Crippen LogP contribution in [0.3, 0.4) is 0 Å². The van der Waals surface area contributed by atoms with Gasteiger partial charge in [-0.1, -0.05) is 46.5 Å². The van der Waals surface area contributed by atoms with Gasteiger partial charge in [0, 0.05) is 13.2 Å². The lowest BCUT2D eigenvalue weighted by molar-refractivity contribution is -0.0653. The van der Waals surface area contributed by atoms with Crippen LogP contribution in [0.2, 0.25) is 0 Å². The third kappa shape index (κ3) is 5.87. The molecule has 1 saturated carbocycles. The van der Waals surface area contributed by atoms with Crippen LogP contribution in [0.5, 0.6) is 0 Å². The van der Waals surface area contributed by atoms with E-state index in [0.717, 1.165) is 19.7 Å². The van der Waals surface area contributed by atoms with Crippen LogP contribution in [0.25, 0.3) is 0 Å². The molecule has 17 heavy (non-hydrogen) atoms. The quantitative estimate of drug-likeness (QED) is 0.541. The van der Waals surface area contributed by atoms with Crippen molar-refractivity contribution in [2.24, 2.45) is 5.92 Å². The first-order valence-corrected chi connectivity index (χ1v) is 7.53. The molecule has 0 heterocycles. The van der Waals surface area contributed by atoms with Gasteiger partial charge in [-0.15, -0.1) is 0 Å². The summed E-state index contributed by atoms with van der Waals surface area (Å²) in [5, 5.41) is 3.57. The van der Waals surface area contributed by atoms with E-state index in [4.69, 9.17) is 4.74 Å². The van der Waals surface area contributed by atoms with Crippen molar-refractivity contribution < 1.29 is 4.74 Å². The maximum atomic E-state index is 6.30. The summed E-state index contributed by atoms with van der Waals surface area (Å²) >= 11 is 0. The van der Waals surface area contributed by atoms with Crippen LogP contribution in [0.4, 0.5) is 0 Å². The lowest BCUT2D eigenvalue weighted by Crippen LogP contribution is -2.43. The molecule has 1 fully saturated rings. The Hall–Kier alpha value is -0.0800. The summed E-state index contributed by atoms with van der Waals surface area (Å²) in [6.45, 7) is 9.78. The van der Waals surface area contributed by atoms with E-state index < -0.39 is 0 Å². The highest BCUT2D eigenvalue weighted by Crippen LogP contribution is 2.30. The average molecular weight is 241 g/mol. The first-order chi connectivity index (χ1) is 8.18. The summed E-state index contributed by atoms with van der Waals surface area (Å²) < 4.78 is 6.30. The normalized spacial score (nSPS) is 20.5. The number of ether oxygens (including phenoxy) is 1. The fraction of sp³-hybridized carbons (Fsp3) is 1.00. The van der Waals surface area contributed by atoms with Crippen LogP contribution in [-0.2, 0) is 4.74 Å². The van der Waals surface area contributed by atoms with Gasteiger partial charge < -0.3 is 10.1 Å². The van der Waals surface area contributed by atoms with Gasteiger partial charge >= 0.3 is 0 Å². The molecular weight excluding hydrogens is 210 g/mol. The summed E-state index contributed by atoms with van der Waals surface area (Å²) in [4.78, 5) is 0. The zero-order valence-electron chi connectivity index (χ0n) is 12.1. The molecule has 1 aliphatic rings. The van der Waals surface area contributed by atoms with Gasteiger partial charge in [-0.05, 0) is 31.7 Å². The van der Waals surface area contributed by atoms with Crippen molar-refractivity contribution >= 4 is 0 Å². The number of rotatable bonds is 7. The summed E-state index contributed by atoms with van der Waals surface area (Å²) in [5.41, 5.74) is 0.135. The summed E-state index contributed by atoms with van der Waals surface area (Å²) in [5.74, 6) is 0.640. The van der Waals surface area contributed by atoms with Crippen molar-refractivity contribution in [3.63, 3.8) is 0 Å². The molecule has 0 aromatic heterocycles. The molecule has 0 aromatic carbocycles. The van der Waals surface area contributed by atoms with Gasteiger partial charge in [-0.3, -0.25) is 0 Å². The summed E-state index contributed by atoms with van der Waals surface area (Å²) in [6.07, 6.45) is 9.16. The standard InChI is InChI=1S/C15H31NO/c1-4-11-16-13-15(17-12-14(2)3)9-7-5-6-8-10-15/h14,16H,4-13H2,1-3H3. The van der Waals surface area contributed by atoms with Gasteiger partial charge in [-0.25, -0.2) is 0 Å². The zero-order chi connectivity index (χ0) is 12.6. The molecule has 0 radical (unpaired) electrons. The third-order valence-corrected chi connectivity index (χ3v) is 3.61. The Kier molecular flexibility index (Phi) is 7.14. The molecule has 1 aliphatic carbocycles. The van der Waals surface area contributed by atoms with E-state index in [2.05, 4.69) is 26.1 Å². The van der Waals surface area contributed by atoms with Gasteiger partial charge in [0.25, 0.3) is 0 Å². The largest absolute Gasteiger partial charge is 0.373 e. The van der Waals surface area contributed by atoms with E-state index in [-0.39, 0.29) is 5.60 Å². The van der Waals surface area contributed by atoms with Gasteiger partial charge in [0.1, 0.15) is 0 Å². The maximum Gasteiger partial charge on any atom is 0.0806 e. The molecule has 0 unspecified atom stereocenters. The van der Waals surface area contributed by atoms with Crippen LogP contribution < -0.4 is 5.32 Å². The molecule has 2 nitrogen and oxygen atoms in total. The minimum absolute atomic E-state index is 0.135.